The quantitative estimate of drug-likeness (QED) is 0.316. The first kappa shape index (κ1) is 14.2. The van der Waals surface area contributed by atoms with E-state index in [1.807, 2.05) is 0 Å². The molecule has 1 aromatic rings. The Kier molecular flexibility index (Phi) is 3.59. The summed E-state index contributed by atoms with van der Waals surface area (Å²) in [5, 5.41) is 11.2. The molecular weight excluding hydrogens is 286 g/mol. The van der Waals surface area contributed by atoms with Crippen molar-refractivity contribution in [2.24, 2.45) is 4.99 Å². The van der Waals surface area contributed by atoms with Crippen LogP contribution in [-0.2, 0) is 10.3 Å². The monoisotopic (exact) mass is 298 g/mol. The number of amidine groups is 1. The van der Waals surface area contributed by atoms with Gasteiger partial charge in [0, 0.05) is 12.4 Å². The maximum atomic E-state index is 11.2. The molecule has 0 spiro atoms. The average molecular weight is 298 g/mol. The van der Waals surface area contributed by atoms with Crippen molar-refractivity contribution in [3.63, 3.8) is 0 Å². The number of hydrogen-bond donors (Lipinski definition) is 0. The van der Waals surface area contributed by atoms with Crippen LogP contribution in [0, 0.1) is 10.1 Å². The summed E-state index contributed by atoms with van der Waals surface area (Å²) >= 11 is 0. The number of likely N-dealkylation sites (N-methyl/N-ethyl adjacent to an activating group) is 1. The molecule has 0 bridgehead atoms. The summed E-state index contributed by atoms with van der Waals surface area (Å²) < 4.78 is 22.1. The van der Waals surface area contributed by atoms with Gasteiger partial charge in [-0.1, -0.05) is 0 Å². The van der Waals surface area contributed by atoms with E-state index in [1.54, 1.807) is 20.0 Å². The molecule has 1 aliphatic heterocycles. The van der Waals surface area contributed by atoms with Gasteiger partial charge < -0.3 is 0 Å². The molecule has 0 aliphatic carbocycles. The Hall–Kier alpha value is -2.20. The number of rotatable bonds is 3. The largest absolute Gasteiger partial charge is 0.400 e. The first-order valence-corrected chi connectivity index (χ1v) is 6.80. The van der Waals surface area contributed by atoms with Crippen LogP contribution < -0.4 is 0 Å². The topological polar surface area (TPSA) is 115 Å². The molecule has 10 heteroatoms. The second kappa shape index (κ2) is 5.06. The van der Waals surface area contributed by atoms with Crippen LogP contribution in [0.25, 0.3) is 0 Å². The lowest BCUT2D eigenvalue weighted by Crippen LogP contribution is -2.58. The Balaban J connectivity index is 2.71. The number of nitrogens with zero attached hydrogens (tertiary/aromatic N) is 5. The average Bonchev–Trinajstić information content (AvgIpc) is 2.74. The highest BCUT2D eigenvalue weighted by Crippen LogP contribution is 2.24. The summed E-state index contributed by atoms with van der Waals surface area (Å²) in [4.78, 5) is 22.0. The molecule has 0 saturated heterocycles. The van der Waals surface area contributed by atoms with Crippen molar-refractivity contribution in [3.8, 4) is 0 Å². The smallest absolute Gasteiger partial charge is 0.259 e. The predicted molar refractivity (Wildman–Crippen MR) is 70.0 cm³/mol. The minimum absolute atomic E-state index is 0.175. The molecule has 0 saturated carbocycles. The molecule has 0 fully saturated rings. The Morgan fingerprint density at radius 1 is 1.40 bits per heavy atom. The maximum Gasteiger partial charge on any atom is 0.400 e. The van der Waals surface area contributed by atoms with Gasteiger partial charge in [-0.2, -0.15) is 13.4 Å². The molecule has 9 nitrogen and oxygen atoms in total. The summed E-state index contributed by atoms with van der Waals surface area (Å²) in [5.74, 6) is 0.359. The SMILES string of the molecule is CC[N+]1(C)C(c2ncccn2)=NC(=S(=O)=O)C1[N+](=O)[O-]. The molecule has 106 valence electrons. The van der Waals surface area contributed by atoms with E-state index in [0.29, 0.717) is 0 Å². The molecule has 0 amide bonds. The van der Waals surface area contributed by atoms with Gasteiger partial charge in [-0.15, -0.1) is 0 Å². The van der Waals surface area contributed by atoms with Crippen LogP contribution in [0.5, 0.6) is 0 Å². The van der Waals surface area contributed by atoms with E-state index in [-0.39, 0.29) is 22.7 Å². The summed E-state index contributed by atoms with van der Waals surface area (Å²) in [6.07, 6.45) is 1.47. The highest BCUT2D eigenvalue weighted by atomic mass is 32.2. The van der Waals surface area contributed by atoms with Crippen molar-refractivity contribution in [2.75, 3.05) is 13.6 Å². The van der Waals surface area contributed by atoms with E-state index in [4.69, 9.17) is 0 Å². The van der Waals surface area contributed by atoms with Gasteiger partial charge in [-0.05, 0) is 13.0 Å². The summed E-state index contributed by atoms with van der Waals surface area (Å²) in [6, 6.07) is 1.59. The lowest BCUT2D eigenvalue weighted by Gasteiger charge is -2.28. The van der Waals surface area contributed by atoms with Gasteiger partial charge in [0.05, 0.1) is 18.5 Å². The molecule has 20 heavy (non-hydrogen) atoms. The molecule has 2 rings (SSSR count). The lowest BCUT2D eigenvalue weighted by molar-refractivity contribution is -0.921. The highest BCUT2D eigenvalue weighted by molar-refractivity contribution is 7.73. The molecule has 1 aromatic heterocycles. The van der Waals surface area contributed by atoms with Gasteiger partial charge in [-0.3, -0.25) is 10.1 Å². The fourth-order valence-electron chi connectivity index (χ4n) is 2.07. The minimum Gasteiger partial charge on any atom is -0.259 e. The number of hydrogen-bond acceptors (Lipinski definition) is 6. The van der Waals surface area contributed by atoms with Crippen LogP contribution in [-0.4, -0.2) is 58.4 Å². The number of aromatic nitrogens is 2. The number of aliphatic imine (C=N–C) groups is 1. The molecule has 2 heterocycles. The Morgan fingerprint density at radius 2 is 2.00 bits per heavy atom. The zero-order chi connectivity index (χ0) is 14.9. The standard InChI is InChI=1S/C10H12N5O4S/c1-3-15(2)8(7-11-5-4-6-12-7)13-9(20(18)19)10(15)14(16)17/h4-6,10H,3H2,1-2H3/q+1. The highest BCUT2D eigenvalue weighted by Gasteiger charge is 2.57. The van der Waals surface area contributed by atoms with Gasteiger partial charge in [-0.25, -0.2) is 14.5 Å². The summed E-state index contributed by atoms with van der Waals surface area (Å²) in [6.45, 7) is 2.00. The van der Waals surface area contributed by atoms with Crippen LogP contribution >= 0.6 is 0 Å². The van der Waals surface area contributed by atoms with Crippen LogP contribution in [0.2, 0.25) is 0 Å². The fourth-order valence-corrected chi connectivity index (χ4v) is 2.73. The fraction of sp³-hybridized carbons (Fsp3) is 0.400. The third kappa shape index (κ3) is 2.08. The molecular formula is C10H12N5O4S+. The molecule has 2 unspecified atom stereocenters. The Labute approximate surface area is 115 Å². The third-order valence-electron chi connectivity index (χ3n) is 3.25. The van der Waals surface area contributed by atoms with Gasteiger partial charge in [0.1, 0.15) is 0 Å². The van der Waals surface area contributed by atoms with Gasteiger partial charge in [0.25, 0.3) is 16.1 Å². The third-order valence-corrected chi connectivity index (χ3v) is 3.90. The predicted octanol–water partition coefficient (Wildman–Crippen LogP) is -0.685. The van der Waals surface area contributed by atoms with Crippen molar-refractivity contribution < 1.29 is 17.8 Å². The van der Waals surface area contributed by atoms with E-state index in [0.717, 1.165) is 0 Å². The van der Waals surface area contributed by atoms with Crippen molar-refractivity contribution >= 4 is 21.1 Å². The van der Waals surface area contributed by atoms with Crippen molar-refractivity contribution in [2.45, 2.75) is 13.1 Å². The van der Waals surface area contributed by atoms with E-state index < -0.39 is 26.4 Å². The zero-order valence-corrected chi connectivity index (χ0v) is 11.6. The molecule has 0 aromatic carbocycles. The van der Waals surface area contributed by atoms with E-state index >= 15 is 0 Å². The van der Waals surface area contributed by atoms with Crippen LogP contribution in [0.4, 0.5) is 0 Å². The zero-order valence-electron chi connectivity index (χ0n) is 10.8. The van der Waals surface area contributed by atoms with Crippen molar-refractivity contribution in [1.82, 2.24) is 9.97 Å². The number of nitro groups is 1. The van der Waals surface area contributed by atoms with Gasteiger partial charge in [0.15, 0.2) is 0 Å². The first-order valence-electron chi connectivity index (χ1n) is 5.73. The normalized spacial score (nSPS) is 25.4. The maximum absolute atomic E-state index is 11.2. The summed E-state index contributed by atoms with van der Waals surface area (Å²) in [7, 11) is -1.22. The van der Waals surface area contributed by atoms with E-state index in [1.165, 1.54) is 12.4 Å². The van der Waals surface area contributed by atoms with Crippen molar-refractivity contribution in [3.05, 3.63) is 34.4 Å². The summed E-state index contributed by atoms with van der Waals surface area (Å²) in [5.41, 5.74) is 0. The Morgan fingerprint density at radius 3 is 2.45 bits per heavy atom. The Bertz CT molecular complexity index is 706. The molecule has 2 atom stereocenters. The second-order valence-electron chi connectivity index (χ2n) is 4.32. The lowest BCUT2D eigenvalue weighted by atomic mass is 10.3. The first-order chi connectivity index (χ1) is 9.41. The van der Waals surface area contributed by atoms with Crippen LogP contribution in [0.15, 0.2) is 23.5 Å². The van der Waals surface area contributed by atoms with Gasteiger partial charge >= 0.3 is 11.2 Å². The number of quaternary nitrogens is 1. The minimum atomic E-state index is -2.77. The molecule has 0 N–H and O–H groups in total. The van der Waals surface area contributed by atoms with E-state index in [9.17, 15) is 18.5 Å². The second-order valence-corrected chi connectivity index (χ2v) is 5.21. The van der Waals surface area contributed by atoms with Gasteiger partial charge in [0.2, 0.25) is 5.82 Å². The molecule has 1 aliphatic rings. The molecule has 0 radical (unpaired) electrons. The van der Waals surface area contributed by atoms with Crippen LogP contribution in [0.3, 0.4) is 0 Å². The van der Waals surface area contributed by atoms with Crippen molar-refractivity contribution in [1.29, 1.82) is 0 Å². The van der Waals surface area contributed by atoms with Crippen LogP contribution in [0.1, 0.15) is 12.7 Å². The van der Waals surface area contributed by atoms with E-state index in [2.05, 4.69) is 15.0 Å².